The zero-order chi connectivity index (χ0) is 8.97. The molecule has 0 atom stereocenters. The van der Waals surface area contributed by atoms with Crippen molar-refractivity contribution in [3.63, 3.8) is 0 Å². The van der Waals surface area contributed by atoms with Crippen molar-refractivity contribution in [2.24, 2.45) is 0 Å². The molecule has 3 nitrogen and oxygen atoms in total. The molecule has 66 valence electrons. The van der Waals surface area contributed by atoms with Crippen molar-refractivity contribution in [1.82, 2.24) is 9.97 Å². The van der Waals surface area contributed by atoms with E-state index in [0.29, 0.717) is 12.0 Å². The molecule has 12 heavy (non-hydrogen) atoms. The van der Waals surface area contributed by atoms with Crippen LogP contribution in [-0.4, -0.2) is 16.3 Å². The van der Waals surface area contributed by atoms with Gasteiger partial charge < -0.3 is 4.98 Å². The number of aromatic nitrogens is 2. The lowest BCUT2D eigenvalue weighted by atomic mass is 10.2. The number of unbranched alkanes of at least 4 members (excludes halogenated alkanes) is 1. The van der Waals surface area contributed by atoms with Crippen LogP contribution in [0, 0.1) is 0 Å². The third kappa shape index (κ3) is 2.08. The number of aromatic amines is 1. The minimum Gasteiger partial charge on any atom is -0.339 e. The standard InChI is InChI=1S/C8H11ClN2O/c1-2-3-4-7-10-6(5-12)8(9)11-7/h5H,2-4H2,1H3,(H,10,11). The van der Waals surface area contributed by atoms with Crippen LogP contribution in [-0.2, 0) is 6.42 Å². The lowest BCUT2D eigenvalue weighted by molar-refractivity contribution is 0.111. The first-order chi connectivity index (χ1) is 5.77. The topological polar surface area (TPSA) is 45.8 Å². The van der Waals surface area contributed by atoms with E-state index in [0.717, 1.165) is 25.1 Å². The molecule has 0 bridgehead atoms. The van der Waals surface area contributed by atoms with Gasteiger partial charge in [0.15, 0.2) is 11.4 Å². The first kappa shape index (κ1) is 9.26. The number of hydrogen-bond acceptors (Lipinski definition) is 2. The summed E-state index contributed by atoms with van der Waals surface area (Å²) in [6, 6.07) is 0. The van der Waals surface area contributed by atoms with Gasteiger partial charge in [-0.15, -0.1) is 0 Å². The molecule has 1 aromatic rings. The van der Waals surface area contributed by atoms with Gasteiger partial charge in [0.2, 0.25) is 0 Å². The van der Waals surface area contributed by atoms with Gasteiger partial charge in [-0.25, -0.2) is 4.98 Å². The van der Waals surface area contributed by atoms with Crippen molar-refractivity contribution in [1.29, 1.82) is 0 Å². The summed E-state index contributed by atoms with van der Waals surface area (Å²) in [4.78, 5) is 17.2. The summed E-state index contributed by atoms with van der Waals surface area (Å²) in [5.74, 6) is 0.795. The van der Waals surface area contributed by atoms with Gasteiger partial charge in [-0.2, -0.15) is 0 Å². The fraction of sp³-hybridized carbons (Fsp3) is 0.500. The third-order valence-corrected chi connectivity index (χ3v) is 1.91. The second-order valence-electron chi connectivity index (χ2n) is 2.61. The molecule has 1 heterocycles. The summed E-state index contributed by atoms with van der Waals surface area (Å²) in [5.41, 5.74) is 0.378. The Bertz CT molecular complexity index is 270. The Kier molecular flexibility index (Phi) is 3.29. The highest BCUT2D eigenvalue weighted by Crippen LogP contribution is 2.11. The van der Waals surface area contributed by atoms with Crippen LogP contribution in [0.25, 0.3) is 0 Å². The number of hydrogen-bond donors (Lipinski definition) is 1. The van der Waals surface area contributed by atoms with Gasteiger partial charge in [0.25, 0.3) is 0 Å². The van der Waals surface area contributed by atoms with Crippen LogP contribution in [0.3, 0.4) is 0 Å². The first-order valence-corrected chi connectivity index (χ1v) is 4.35. The minimum absolute atomic E-state index is 0.274. The average Bonchev–Trinajstić information content (AvgIpc) is 2.43. The van der Waals surface area contributed by atoms with E-state index in [1.807, 2.05) is 0 Å². The quantitative estimate of drug-likeness (QED) is 0.733. The van der Waals surface area contributed by atoms with Gasteiger partial charge >= 0.3 is 0 Å². The van der Waals surface area contributed by atoms with E-state index in [4.69, 9.17) is 11.6 Å². The molecule has 0 saturated carbocycles. The molecule has 0 saturated heterocycles. The molecular weight excluding hydrogens is 176 g/mol. The lowest BCUT2D eigenvalue weighted by Gasteiger charge is -1.90. The van der Waals surface area contributed by atoms with Gasteiger partial charge in [0, 0.05) is 6.42 Å². The molecule has 0 fully saturated rings. The average molecular weight is 187 g/mol. The molecule has 1 rings (SSSR count). The van der Waals surface area contributed by atoms with Crippen LogP contribution in [0.4, 0.5) is 0 Å². The second kappa shape index (κ2) is 4.26. The molecule has 1 N–H and O–H groups in total. The highest BCUT2D eigenvalue weighted by molar-refractivity contribution is 6.31. The zero-order valence-corrected chi connectivity index (χ0v) is 7.69. The molecule has 1 aromatic heterocycles. The van der Waals surface area contributed by atoms with Crippen molar-refractivity contribution in [3.05, 3.63) is 16.7 Å². The van der Waals surface area contributed by atoms with E-state index in [-0.39, 0.29) is 5.15 Å². The van der Waals surface area contributed by atoms with Gasteiger partial charge in [0.1, 0.15) is 11.5 Å². The van der Waals surface area contributed by atoms with E-state index in [1.54, 1.807) is 0 Å². The Labute approximate surface area is 76.1 Å². The summed E-state index contributed by atoms with van der Waals surface area (Å²) < 4.78 is 0. The molecule has 0 aliphatic heterocycles. The largest absolute Gasteiger partial charge is 0.339 e. The van der Waals surface area contributed by atoms with E-state index in [1.165, 1.54) is 0 Å². The van der Waals surface area contributed by atoms with E-state index in [9.17, 15) is 4.79 Å². The number of imidazole rings is 1. The van der Waals surface area contributed by atoms with Crippen molar-refractivity contribution < 1.29 is 4.79 Å². The number of aryl methyl sites for hydroxylation is 1. The SMILES string of the molecule is CCCCc1nc(Cl)c(C=O)[nH]1. The van der Waals surface area contributed by atoms with Crippen LogP contribution in [0.5, 0.6) is 0 Å². The van der Waals surface area contributed by atoms with E-state index in [2.05, 4.69) is 16.9 Å². The van der Waals surface area contributed by atoms with Crippen LogP contribution in [0.15, 0.2) is 0 Å². The van der Waals surface area contributed by atoms with Crippen LogP contribution < -0.4 is 0 Å². The van der Waals surface area contributed by atoms with Crippen LogP contribution >= 0.6 is 11.6 Å². The van der Waals surface area contributed by atoms with Crippen molar-refractivity contribution in [3.8, 4) is 0 Å². The van der Waals surface area contributed by atoms with Crippen molar-refractivity contribution in [2.75, 3.05) is 0 Å². The van der Waals surface area contributed by atoms with Crippen molar-refractivity contribution >= 4 is 17.9 Å². The van der Waals surface area contributed by atoms with Crippen LogP contribution in [0.2, 0.25) is 5.15 Å². The number of aldehydes is 1. The summed E-state index contributed by atoms with van der Waals surface area (Å²) >= 11 is 5.65. The first-order valence-electron chi connectivity index (χ1n) is 3.97. The molecule has 0 aromatic carbocycles. The molecule has 4 heteroatoms. The van der Waals surface area contributed by atoms with Crippen LogP contribution in [0.1, 0.15) is 36.1 Å². The van der Waals surface area contributed by atoms with E-state index < -0.39 is 0 Å². The molecule has 0 aliphatic carbocycles. The predicted molar refractivity (Wildman–Crippen MR) is 47.6 cm³/mol. The lowest BCUT2D eigenvalue weighted by Crippen LogP contribution is -1.87. The maximum absolute atomic E-state index is 10.4. The normalized spacial score (nSPS) is 10.2. The number of halogens is 1. The highest BCUT2D eigenvalue weighted by atomic mass is 35.5. The minimum atomic E-state index is 0.274. The Morgan fingerprint density at radius 2 is 2.42 bits per heavy atom. The summed E-state index contributed by atoms with van der Waals surface area (Å²) in [6.07, 6.45) is 3.70. The molecule has 0 aliphatic rings. The smallest absolute Gasteiger partial charge is 0.169 e. The Hall–Kier alpha value is -0.830. The molecule has 0 amide bonds. The van der Waals surface area contributed by atoms with Gasteiger partial charge in [-0.05, 0) is 6.42 Å². The molecule has 0 radical (unpaired) electrons. The number of H-pyrrole nitrogens is 1. The maximum Gasteiger partial charge on any atom is 0.169 e. The Morgan fingerprint density at radius 1 is 1.67 bits per heavy atom. The summed E-state index contributed by atoms with van der Waals surface area (Å²) in [7, 11) is 0. The summed E-state index contributed by atoms with van der Waals surface area (Å²) in [5, 5.41) is 0.274. The summed E-state index contributed by atoms with van der Waals surface area (Å²) in [6.45, 7) is 2.10. The van der Waals surface area contributed by atoms with E-state index >= 15 is 0 Å². The maximum atomic E-state index is 10.4. The zero-order valence-electron chi connectivity index (χ0n) is 6.93. The van der Waals surface area contributed by atoms with Gasteiger partial charge in [-0.3, -0.25) is 4.79 Å². The predicted octanol–water partition coefficient (Wildman–Crippen LogP) is 2.22. The Balaban J connectivity index is 2.68. The number of carbonyl (C=O) groups excluding carboxylic acids is 1. The number of carbonyl (C=O) groups is 1. The monoisotopic (exact) mass is 186 g/mol. The third-order valence-electron chi connectivity index (χ3n) is 1.62. The number of nitrogens with zero attached hydrogens (tertiary/aromatic N) is 1. The fourth-order valence-electron chi connectivity index (χ4n) is 0.954. The highest BCUT2D eigenvalue weighted by Gasteiger charge is 2.05. The Morgan fingerprint density at radius 3 is 2.92 bits per heavy atom. The molecular formula is C8H11ClN2O. The fourth-order valence-corrected chi connectivity index (χ4v) is 1.15. The van der Waals surface area contributed by atoms with Gasteiger partial charge in [0.05, 0.1) is 0 Å². The number of nitrogens with one attached hydrogen (secondary N) is 1. The molecule has 0 spiro atoms. The molecule has 0 unspecified atom stereocenters. The number of rotatable bonds is 4. The second-order valence-corrected chi connectivity index (χ2v) is 2.97. The van der Waals surface area contributed by atoms with Gasteiger partial charge in [-0.1, -0.05) is 24.9 Å². The van der Waals surface area contributed by atoms with Crippen molar-refractivity contribution in [2.45, 2.75) is 26.2 Å².